The van der Waals surface area contributed by atoms with Gasteiger partial charge in [0.2, 0.25) is 0 Å². The number of ether oxygens (including phenoxy) is 2. The van der Waals surface area contributed by atoms with Crippen LogP contribution >= 0.6 is 11.6 Å². The monoisotopic (exact) mass is 573 g/mol. The fourth-order valence-electron chi connectivity index (χ4n) is 4.62. The van der Waals surface area contributed by atoms with Crippen LogP contribution in [0.1, 0.15) is 39.6 Å². The lowest BCUT2D eigenvalue weighted by molar-refractivity contribution is 0.103. The van der Waals surface area contributed by atoms with Crippen LogP contribution in [0.15, 0.2) is 108 Å². The van der Waals surface area contributed by atoms with Crippen LogP contribution in [0.4, 0.5) is 0 Å². The van der Waals surface area contributed by atoms with Crippen LogP contribution in [-0.2, 0) is 10.0 Å². The number of methoxy groups -OCH3 is 1. The quantitative estimate of drug-likeness (QED) is 0.131. The number of para-hydroxylation sites is 1. The highest BCUT2D eigenvalue weighted by Crippen LogP contribution is 2.35. The van der Waals surface area contributed by atoms with Crippen LogP contribution in [0.3, 0.4) is 0 Å². The first-order valence-electron chi connectivity index (χ1n) is 12.8. The number of carbonyl (C=O) groups excluding carboxylic acids is 1. The molecule has 1 aromatic heterocycles. The maximum atomic E-state index is 13.8. The van der Waals surface area contributed by atoms with Gasteiger partial charge in [0, 0.05) is 35.0 Å². The Morgan fingerprint density at radius 2 is 1.60 bits per heavy atom. The zero-order valence-corrected chi connectivity index (χ0v) is 23.7. The molecule has 0 aliphatic carbocycles. The number of hydrogen-bond donors (Lipinski definition) is 0. The van der Waals surface area contributed by atoms with Gasteiger partial charge in [0.05, 0.1) is 17.5 Å². The van der Waals surface area contributed by atoms with Crippen molar-refractivity contribution in [1.82, 2.24) is 3.97 Å². The van der Waals surface area contributed by atoms with E-state index in [1.165, 1.54) is 25.4 Å². The maximum Gasteiger partial charge on any atom is 0.268 e. The highest BCUT2D eigenvalue weighted by molar-refractivity contribution is 7.90. The van der Waals surface area contributed by atoms with Crippen molar-refractivity contribution in [1.29, 1.82) is 0 Å². The smallest absolute Gasteiger partial charge is 0.268 e. The molecular weight excluding hydrogens is 546 g/mol. The van der Waals surface area contributed by atoms with Crippen molar-refractivity contribution in [3.05, 3.63) is 126 Å². The zero-order valence-electron chi connectivity index (χ0n) is 22.1. The summed E-state index contributed by atoms with van der Waals surface area (Å²) in [6, 6.07) is 28.1. The molecule has 0 radical (unpaired) electrons. The van der Waals surface area contributed by atoms with Crippen molar-refractivity contribution in [3.8, 4) is 11.5 Å². The van der Waals surface area contributed by atoms with Gasteiger partial charge in [-0.15, -0.1) is 11.6 Å². The van der Waals surface area contributed by atoms with Crippen molar-refractivity contribution in [2.45, 2.75) is 24.3 Å². The molecule has 0 aliphatic rings. The van der Waals surface area contributed by atoms with E-state index in [1.54, 1.807) is 60.7 Å². The van der Waals surface area contributed by atoms with Crippen molar-refractivity contribution in [3.63, 3.8) is 0 Å². The summed E-state index contributed by atoms with van der Waals surface area (Å²) in [5.41, 5.74) is 3.16. The third-order valence-electron chi connectivity index (χ3n) is 6.74. The fraction of sp³-hybridized carbons (Fsp3) is 0.156. The first kappa shape index (κ1) is 27.5. The molecule has 0 amide bonds. The number of carbonyl (C=O) groups is 1. The topological polar surface area (TPSA) is 74.6 Å². The van der Waals surface area contributed by atoms with E-state index in [9.17, 15) is 13.2 Å². The Balaban J connectivity index is 1.51. The summed E-state index contributed by atoms with van der Waals surface area (Å²) < 4.78 is 40.0. The van der Waals surface area contributed by atoms with Gasteiger partial charge in [0.25, 0.3) is 10.0 Å². The molecule has 8 heteroatoms. The third-order valence-corrected chi connectivity index (χ3v) is 8.64. The SMILES string of the molecule is COc1cc(C(=O)c2cn(S(=O)(=O)c3ccccc3)c3ccccc23)ccc1OC(CCCl)c1ccc(C)cc1. The predicted molar refractivity (Wildman–Crippen MR) is 157 cm³/mol. The van der Waals surface area contributed by atoms with E-state index < -0.39 is 10.0 Å². The molecule has 6 nitrogen and oxygen atoms in total. The van der Waals surface area contributed by atoms with Crippen LogP contribution < -0.4 is 9.47 Å². The Bertz CT molecular complexity index is 1760. The summed E-state index contributed by atoms with van der Waals surface area (Å²) >= 11 is 6.07. The fourth-order valence-corrected chi connectivity index (χ4v) is 6.21. The summed E-state index contributed by atoms with van der Waals surface area (Å²) in [6.45, 7) is 2.02. The van der Waals surface area contributed by atoms with Gasteiger partial charge in [-0.1, -0.05) is 66.2 Å². The summed E-state index contributed by atoms with van der Waals surface area (Å²) in [7, 11) is -2.41. The normalized spacial score (nSPS) is 12.3. The number of aromatic nitrogens is 1. The van der Waals surface area contributed by atoms with Crippen molar-refractivity contribution < 1.29 is 22.7 Å². The Morgan fingerprint density at radius 3 is 2.30 bits per heavy atom. The summed E-state index contributed by atoms with van der Waals surface area (Å²) in [6.07, 6.45) is 1.68. The molecule has 0 saturated carbocycles. The lowest BCUT2D eigenvalue weighted by atomic mass is 10.0. The number of hydrogen-bond acceptors (Lipinski definition) is 5. The molecule has 0 saturated heterocycles. The summed E-state index contributed by atoms with van der Waals surface area (Å²) in [5, 5.41) is 0.535. The van der Waals surface area contributed by atoms with E-state index in [0.717, 1.165) is 15.1 Å². The number of alkyl halides is 1. The zero-order chi connectivity index (χ0) is 28.3. The summed E-state index contributed by atoms with van der Waals surface area (Å²) in [4.78, 5) is 13.9. The molecule has 5 aromatic rings. The van der Waals surface area contributed by atoms with E-state index >= 15 is 0 Å². The molecule has 1 unspecified atom stereocenters. The lowest BCUT2D eigenvalue weighted by Gasteiger charge is -2.21. The van der Waals surface area contributed by atoms with Gasteiger partial charge in [0.15, 0.2) is 17.3 Å². The number of fused-ring (bicyclic) bond motifs is 1. The number of aryl methyl sites for hydroxylation is 1. The minimum Gasteiger partial charge on any atom is -0.493 e. The van der Waals surface area contributed by atoms with Crippen molar-refractivity contribution in [2.75, 3.05) is 13.0 Å². The van der Waals surface area contributed by atoms with E-state index in [0.29, 0.717) is 40.3 Å². The number of halogens is 1. The minimum absolute atomic E-state index is 0.137. The van der Waals surface area contributed by atoms with Gasteiger partial charge in [-0.2, -0.15) is 0 Å². The molecule has 4 aromatic carbocycles. The molecule has 5 rings (SSSR count). The average molecular weight is 574 g/mol. The first-order valence-corrected chi connectivity index (χ1v) is 14.7. The van der Waals surface area contributed by atoms with Gasteiger partial charge >= 0.3 is 0 Å². The highest BCUT2D eigenvalue weighted by atomic mass is 35.5. The molecule has 0 fully saturated rings. The van der Waals surface area contributed by atoms with E-state index in [-0.39, 0.29) is 22.3 Å². The Kier molecular flexibility index (Phi) is 7.96. The molecule has 0 aliphatic heterocycles. The molecule has 0 bridgehead atoms. The standard InChI is InChI=1S/C32H28ClNO5S/c1-22-12-14-23(15-13-22)29(18-19-33)39-30-17-16-24(20-31(30)38-2)32(35)27-21-34(28-11-7-6-10-26(27)28)40(36,37)25-8-4-3-5-9-25/h3-17,20-21,29H,18-19H2,1-2H3. The van der Waals surface area contributed by atoms with Gasteiger partial charge in [-0.3, -0.25) is 4.79 Å². The number of rotatable bonds is 10. The Morgan fingerprint density at radius 1 is 0.900 bits per heavy atom. The molecule has 1 atom stereocenters. The molecular formula is C32H28ClNO5S. The van der Waals surface area contributed by atoms with Gasteiger partial charge in [-0.05, 0) is 48.9 Å². The predicted octanol–water partition coefficient (Wildman–Crippen LogP) is 7.18. The second-order valence-corrected chi connectivity index (χ2v) is 11.6. The molecule has 204 valence electrons. The number of ketones is 1. The number of nitrogens with zero attached hydrogens (tertiary/aromatic N) is 1. The minimum atomic E-state index is -3.92. The van der Waals surface area contributed by atoms with E-state index in [4.69, 9.17) is 21.1 Å². The maximum absolute atomic E-state index is 13.8. The van der Waals surface area contributed by atoms with Crippen molar-refractivity contribution in [2.24, 2.45) is 0 Å². The van der Waals surface area contributed by atoms with Gasteiger partial charge in [0.1, 0.15) is 6.10 Å². The van der Waals surface area contributed by atoms with Gasteiger partial charge in [-0.25, -0.2) is 12.4 Å². The summed E-state index contributed by atoms with van der Waals surface area (Å²) in [5.74, 6) is 0.939. The largest absolute Gasteiger partial charge is 0.493 e. The van der Waals surface area contributed by atoms with Crippen molar-refractivity contribution >= 4 is 38.3 Å². The van der Waals surface area contributed by atoms with Crippen LogP contribution in [0.5, 0.6) is 11.5 Å². The van der Waals surface area contributed by atoms with E-state index in [1.807, 2.05) is 31.2 Å². The van der Waals surface area contributed by atoms with Crippen LogP contribution in [0.2, 0.25) is 0 Å². The average Bonchev–Trinajstić information content (AvgIpc) is 3.38. The molecule has 1 heterocycles. The molecule has 40 heavy (non-hydrogen) atoms. The Labute approximate surface area is 238 Å². The molecule has 0 N–H and O–H groups in total. The van der Waals surface area contributed by atoms with Crippen LogP contribution in [0.25, 0.3) is 10.9 Å². The van der Waals surface area contributed by atoms with E-state index in [2.05, 4.69) is 0 Å². The third kappa shape index (κ3) is 5.35. The van der Waals surface area contributed by atoms with Crippen LogP contribution in [0, 0.1) is 6.92 Å². The second kappa shape index (κ2) is 11.6. The van der Waals surface area contributed by atoms with Gasteiger partial charge < -0.3 is 9.47 Å². The van der Waals surface area contributed by atoms with Crippen LogP contribution in [-0.4, -0.2) is 31.2 Å². The number of benzene rings is 4. The highest BCUT2D eigenvalue weighted by Gasteiger charge is 2.25. The second-order valence-electron chi connectivity index (χ2n) is 9.36. The lowest BCUT2D eigenvalue weighted by Crippen LogP contribution is -2.12. The first-order chi connectivity index (χ1) is 19.3. The Hall–Kier alpha value is -4.07. The molecule has 0 spiro atoms.